The minimum atomic E-state index is -0.886. The van der Waals surface area contributed by atoms with E-state index >= 15 is 0 Å². The molecule has 0 spiro atoms. The number of benzene rings is 1. The average Bonchev–Trinajstić information content (AvgIpc) is 2.04. The highest BCUT2D eigenvalue weighted by Gasteiger charge is 2.00. The Labute approximate surface area is 75.2 Å². The van der Waals surface area contributed by atoms with Crippen LogP contribution in [0.2, 0.25) is 0 Å². The Balaban J connectivity index is 2.78. The molecule has 0 fully saturated rings. The SMILES string of the molecule is O=CNc1cccc(CC(=O)O)c1. The Kier molecular flexibility index (Phi) is 3.03. The van der Waals surface area contributed by atoms with Gasteiger partial charge in [0, 0.05) is 5.69 Å². The zero-order valence-corrected chi connectivity index (χ0v) is 6.86. The van der Waals surface area contributed by atoms with Crippen LogP contribution < -0.4 is 5.32 Å². The van der Waals surface area contributed by atoms with Gasteiger partial charge < -0.3 is 10.4 Å². The van der Waals surface area contributed by atoms with Crippen LogP contribution in [0, 0.1) is 0 Å². The van der Waals surface area contributed by atoms with Crippen LogP contribution in [0.25, 0.3) is 0 Å². The van der Waals surface area contributed by atoms with Crippen molar-refractivity contribution in [2.75, 3.05) is 5.32 Å². The van der Waals surface area contributed by atoms with Crippen LogP contribution in [0.1, 0.15) is 5.56 Å². The third-order valence-corrected chi connectivity index (χ3v) is 1.51. The molecule has 13 heavy (non-hydrogen) atoms. The summed E-state index contributed by atoms with van der Waals surface area (Å²) in [5, 5.41) is 10.9. The second-order valence-electron chi connectivity index (χ2n) is 2.53. The number of amides is 1. The maximum Gasteiger partial charge on any atom is 0.307 e. The minimum absolute atomic E-state index is 0.0334. The van der Waals surface area contributed by atoms with E-state index in [9.17, 15) is 9.59 Å². The van der Waals surface area contributed by atoms with Gasteiger partial charge in [0.15, 0.2) is 0 Å². The Bertz CT molecular complexity index is 322. The molecule has 1 rings (SSSR count). The molecule has 1 aromatic rings. The second-order valence-corrected chi connectivity index (χ2v) is 2.53. The molecule has 68 valence electrons. The standard InChI is InChI=1S/C9H9NO3/c11-6-10-8-3-1-2-7(4-8)5-9(12)13/h1-4,6H,5H2,(H,10,11)(H,12,13). The van der Waals surface area contributed by atoms with E-state index in [2.05, 4.69) is 5.32 Å². The van der Waals surface area contributed by atoms with Gasteiger partial charge in [0.05, 0.1) is 6.42 Å². The van der Waals surface area contributed by atoms with Crippen LogP contribution in [0.4, 0.5) is 5.69 Å². The molecule has 0 saturated carbocycles. The quantitative estimate of drug-likeness (QED) is 0.674. The number of carbonyl (C=O) groups excluding carboxylic acids is 1. The van der Waals surface area contributed by atoms with E-state index in [0.717, 1.165) is 0 Å². The van der Waals surface area contributed by atoms with Gasteiger partial charge in [-0.3, -0.25) is 9.59 Å². The van der Waals surface area contributed by atoms with E-state index in [0.29, 0.717) is 17.7 Å². The topological polar surface area (TPSA) is 66.4 Å². The van der Waals surface area contributed by atoms with Crippen molar-refractivity contribution in [3.8, 4) is 0 Å². The van der Waals surface area contributed by atoms with Gasteiger partial charge in [-0.2, -0.15) is 0 Å². The van der Waals surface area contributed by atoms with Crippen LogP contribution in [-0.2, 0) is 16.0 Å². The Morgan fingerprint density at radius 1 is 1.54 bits per heavy atom. The smallest absolute Gasteiger partial charge is 0.307 e. The summed E-state index contributed by atoms with van der Waals surface area (Å²) in [5.41, 5.74) is 1.27. The number of carboxylic acid groups (broad SMARTS) is 1. The predicted octanol–water partition coefficient (Wildman–Crippen LogP) is 0.882. The van der Waals surface area contributed by atoms with Gasteiger partial charge >= 0.3 is 5.97 Å². The summed E-state index contributed by atoms with van der Waals surface area (Å²) in [6.07, 6.45) is 0.522. The van der Waals surface area contributed by atoms with E-state index in [1.165, 1.54) is 0 Å². The van der Waals surface area contributed by atoms with Crippen molar-refractivity contribution in [3.63, 3.8) is 0 Å². The molecule has 0 unspecified atom stereocenters. The fraction of sp³-hybridized carbons (Fsp3) is 0.111. The largest absolute Gasteiger partial charge is 0.481 e. The number of carboxylic acids is 1. The van der Waals surface area contributed by atoms with Crippen LogP contribution >= 0.6 is 0 Å². The van der Waals surface area contributed by atoms with Gasteiger partial charge in [0.2, 0.25) is 6.41 Å². The first kappa shape index (κ1) is 9.25. The van der Waals surface area contributed by atoms with Crippen molar-refractivity contribution >= 4 is 18.1 Å². The first-order valence-corrected chi connectivity index (χ1v) is 3.73. The van der Waals surface area contributed by atoms with Crippen molar-refractivity contribution in [2.24, 2.45) is 0 Å². The molecule has 0 atom stereocenters. The molecule has 1 amide bonds. The summed E-state index contributed by atoms with van der Waals surface area (Å²) >= 11 is 0. The Morgan fingerprint density at radius 3 is 2.92 bits per heavy atom. The molecular weight excluding hydrogens is 170 g/mol. The lowest BCUT2D eigenvalue weighted by Crippen LogP contribution is -2.01. The summed E-state index contributed by atoms with van der Waals surface area (Å²) in [6, 6.07) is 6.72. The Hall–Kier alpha value is -1.84. The number of hydrogen-bond donors (Lipinski definition) is 2. The molecule has 2 N–H and O–H groups in total. The zero-order valence-electron chi connectivity index (χ0n) is 6.86. The second kappa shape index (κ2) is 4.25. The summed E-state index contributed by atoms with van der Waals surface area (Å²) < 4.78 is 0. The number of nitrogens with one attached hydrogen (secondary N) is 1. The van der Waals surface area contributed by atoms with Gasteiger partial charge in [-0.1, -0.05) is 12.1 Å². The molecule has 0 radical (unpaired) electrons. The Morgan fingerprint density at radius 2 is 2.31 bits per heavy atom. The fourth-order valence-corrected chi connectivity index (χ4v) is 1.01. The highest BCUT2D eigenvalue weighted by atomic mass is 16.4. The van der Waals surface area contributed by atoms with Crippen molar-refractivity contribution in [3.05, 3.63) is 29.8 Å². The van der Waals surface area contributed by atoms with Crippen LogP contribution in [0.15, 0.2) is 24.3 Å². The monoisotopic (exact) mass is 179 g/mol. The molecule has 4 heteroatoms. The van der Waals surface area contributed by atoms with Crippen molar-refractivity contribution in [1.29, 1.82) is 0 Å². The molecule has 0 bridgehead atoms. The fourth-order valence-electron chi connectivity index (χ4n) is 1.01. The molecule has 0 heterocycles. The van der Waals surface area contributed by atoms with Crippen LogP contribution in [0.5, 0.6) is 0 Å². The lowest BCUT2D eigenvalue weighted by atomic mass is 10.1. The average molecular weight is 179 g/mol. The van der Waals surface area contributed by atoms with Gasteiger partial charge in [-0.15, -0.1) is 0 Å². The molecule has 1 aromatic carbocycles. The van der Waals surface area contributed by atoms with E-state index in [-0.39, 0.29) is 6.42 Å². The molecule has 0 aliphatic carbocycles. The number of anilines is 1. The minimum Gasteiger partial charge on any atom is -0.481 e. The summed E-state index contributed by atoms with van der Waals surface area (Å²) in [5.74, 6) is -0.886. The molecule has 0 saturated heterocycles. The molecule has 0 aliphatic rings. The lowest BCUT2D eigenvalue weighted by Gasteiger charge is -2.00. The van der Waals surface area contributed by atoms with Crippen molar-refractivity contribution < 1.29 is 14.7 Å². The van der Waals surface area contributed by atoms with E-state index in [1.54, 1.807) is 24.3 Å². The normalized spacial score (nSPS) is 9.23. The third kappa shape index (κ3) is 2.94. The molecule has 0 aliphatic heterocycles. The highest BCUT2D eigenvalue weighted by Crippen LogP contribution is 2.09. The predicted molar refractivity (Wildman–Crippen MR) is 47.5 cm³/mol. The van der Waals surface area contributed by atoms with Crippen LogP contribution in [-0.4, -0.2) is 17.5 Å². The van der Waals surface area contributed by atoms with E-state index < -0.39 is 5.97 Å². The van der Waals surface area contributed by atoms with Gasteiger partial charge in [0.1, 0.15) is 0 Å². The number of rotatable bonds is 4. The van der Waals surface area contributed by atoms with E-state index in [4.69, 9.17) is 5.11 Å². The molecule has 0 aromatic heterocycles. The third-order valence-electron chi connectivity index (χ3n) is 1.51. The van der Waals surface area contributed by atoms with E-state index in [1.807, 2.05) is 0 Å². The lowest BCUT2D eigenvalue weighted by molar-refractivity contribution is -0.136. The highest BCUT2D eigenvalue weighted by molar-refractivity contribution is 5.74. The molecule has 4 nitrogen and oxygen atoms in total. The van der Waals surface area contributed by atoms with Crippen molar-refractivity contribution in [2.45, 2.75) is 6.42 Å². The number of hydrogen-bond acceptors (Lipinski definition) is 2. The maximum atomic E-state index is 10.3. The molecular formula is C9H9NO3. The van der Waals surface area contributed by atoms with Gasteiger partial charge in [-0.05, 0) is 17.7 Å². The number of aliphatic carboxylic acids is 1. The van der Waals surface area contributed by atoms with Crippen molar-refractivity contribution in [1.82, 2.24) is 0 Å². The maximum absolute atomic E-state index is 10.3. The summed E-state index contributed by atoms with van der Waals surface area (Å²) in [4.78, 5) is 20.4. The zero-order chi connectivity index (χ0) is 9.68. The number of carbonyl (C=O) groups is 2. The van der Waals surface area contributed by atoms with Crippen LogP contribution in [0.3, 0.4) is 0 Å². The first-order chi connectivity index (χ1) is 6.22. The van der Waals surface area contributed by atoms with Gasteiger partial charge in [0.25, 0.3) is 0 Å². The van der Waals surface area contributed by atoms with Gasteiger partial charge in [-0.25, -0.2) is 0 Å². The summed E-state index contributed by atoms with van der Waals surface area (Å²) in [7, 11) is 0. The summed E-state index contributed by atoms with van der Waals surface area (Å²) in [6.45, 7) is 0. The first-order valence-electron chi connectivity index (χ1n) is 3.73.